The van der Waals surface area contributed by atoms with Crippen molar-refractivity contribution in [2.45, 2.75) is 33.1 Å². The van der Waals surface area contributed by atoms with E-state index in [0.717, 1.165) is 10.0 Å². The lowest BCUT2D eigenvalue weighted by Gasteiger charge is -2.25. The van der Waals surface area contributed by atoms with Crippen molar-refractivity contribution in [3.8, 4) is 0 Å². The zero-order valence-electron chi connectivity index (χ0n) is 15.1. The van der Waals surface area contributed by atoms with E-state index in [-0.39, 0.29) is 11.3 Å². The van der Waals surface area contributed by atoms with Crippen LogP contribution < -0.4 is 5.32 Å². The maximum atomic E-state index is 12.6. The molecule has 2 rings (SSSR count). The molecule has 0 spiro atoms. The number of benzene rings is 1. The number of amides is 1. The second kappa shape index (κ2) is 7.44. The molecule has 1 heterocycles. The number of methoxy groups -OCH3 is 1. The minimum Gasteiger partial charge on any atom is -0.465 e. The molecule has 25 heavy (non-hydrogen) atoms. The average Bonchev–Trinajstić information content (AvgIpc) is 2.87. The summed E-state index contributed by atoms with van der Waals surface area (Å²) in [6, 6.07) is 8.05. The summed E-state index contributed by atoms with van der Waals surface area (Å²) >= 11 is 3.43. The number of H-pyrrole nitrogens is 1. The maximum absolute atomic E-state index is 12.6. The van der Waals surface area contributed by atoms with Crippen LogP contribution in [0.3, 0.4) is 0 Å². The molecule has 0 saturated carbocycles. The molecular weight excluding hydrogens is 384 g/mol. The summed E-state index contributed by atoms with van der Waals surface area (Å²) in [5.74, 6) is -0.679. The number of hydrogen-bond acceptors (Lipinski definition) is 3. The molecule has 0 atom stereocenters. The lowest BCUT2D eigenvalue weighted by Crippen LogP contribution is -2.37. The first-order valence-corrected chi connectivity index (χ1v) is 8.78. The molecule has 2 aromatic rings. The number of rotatable bonds is 5. The van der Waals surface area contributed by atoms with Crippen LogP contribution in [-0.2, 0) is 10.2 Å². The van der Waals surface area contributed by atoms with Gasteiger partial charge in [-0.3, -0.25) is 4.79 Å². The summed E-state index contributed by atoms with van der Waals surface area (Å²) in [4.78, 5) is 27.4. The topological polar surface area (TPSA) is 71.2 Å². The Hall–Kier alpha value is -2.08. The zero-order chi connectivity index (χ0) is 18.8. The van der Waals surface area contributed by atoms with Gasteiger partial charge in [0.05, 0.1) is 12.7 Å². The summed E-state index contributed by atoms with van der Waals surface area (Å²) in [6.07, 6.45) is 0. The Bertz CT molecular complexity index is 792. The number of ether oxygens (including phenoxy) is 1. The molecule has 0 saturated heterocycles. The van der Waals surface area contributed by atoms with Crippen molar-refractivity contribution in [3.05, 3.63) is 56.8 Å². The van der Waals surface area contributed by atoms with Gasteiger partial charge in [-0.05, 0) is 37.1 Å². The van der Waals surface area contributed by atoms with Crippen LogP contribution >= 0.6 is 15.9 Å². The van der Waals surface area contributed by atoms with Gasteiger partial charge in [-0.2, -0.15) is 0 Å². The van der Waals surface area contributed by atoms with Crippen molar-refractivity contribution in [3.63, 3.8) is 0 Å². The summed E-state index contributed by atoms with van der Waals surface area (Å²) in [6.45, 7) is 8.11. The van der Waals surface area contributed by atoms with Crippen molar-refractivity contribution in [2.75, 3.05) is 13.7 Å². The van der Waals surface area contributed by atoms with E-state index in [2.05, 4.69) is 40.1 Å². The van der Waals surface area contributed by atoms with Crippen molar-refractivity contribution >= 4 is 27.8 Å². The smallest absolute Gasteiger partial charge is 0.339 e. The van der Waals surface area contributed by atoms with Gasteiger partial charge >= 0.3 is 5.97 Å². The van der Waals surface area contributed by atoms with Crippen LogP contribution in [0.25, 0.3) is 0 Å². The number of hydrogen-bond donors (Lipinski definition) is 2. The Morgan fingerprint density at radius 1 is 1.20 bits per heavy atom. The van der Waals surface area contributed by atoms with Crippen molar-refractivity contribution in [1.29, 1.82) is 0 Å². The van der Waals surface area contributed by atoms with Crippen LogP contribution in [0.1, 0.15) is 51.5 Å². The number of esters is 1. The van der Waals surface area contributed by atoms with Gasteiger partial charge in [-0.25, -0.2) is 4.79 Å². The SMILES string of the molecule is COC(=O)c1c(C)[nH]c(C(=O)NCC(C)(C)c2ccc(Br)cc2)c1C. The number of carbonyl (C=O) groups is 2. The lowest BCUT2D eigenvalue weighted by atomic mass is 9.84. The lowest BCUT2D eigenvalue weighted by molar-refractivity contribution is 0.0599. The summed E-state index contributed by atoms with van der Waals surface area (Å²) in [7, 11) is 1.33. The molecule has 0 unspecified atom stereocenters. The van der Waals surface area contributed by atoms with E-state index >= 15 is 0 Å². The van der Waals surface area contributed by atoms with E-state index in [1.807, 2.05) is 24.3 Å². The highest BCUT2D eigenvalue weighted by Gasteiger charge is 2.25. The number of nitrogens with one attached hydrogen (secondary N) is 2. The van der Waals surface area contributed by atoms with Crippen molar-refractivity contribution < 1.29 is 14.3 Å². The molecule has 0 aliphatic carbocycles. The van der Waals surface area contributed by atoms with E-state index < -0.39 is 5.97 Å². The largest absolute Gasteiger partial charge is 0.465 e. The highest BCUT2D eigenvalue weighted by molar-refractivity contribution is 9.10. The molecule has 1 amide bonds. The number of carbonyl (C=O) groups excluding carboxylic acids is 2. The van der Waals surface area contributed by atoms with Crippen LogP contribution in [-0.4, -0.2) is 30.5 Å². The van der Waals surface area contributed by atoms with Gasteiger partial charge in [0.15, 0.2) is 0 Å². The number of aromatic nitrogens is 1. The highest BCUT2D eigenvalue weighted by atomic mass is 79.9. The fourth-order valence-electron chi connectivity index (χ4n) is 2.78. The molecule has 0 aliphatic rings. The summed E-state index contributed by atoms with van der Waals surface area (Å²) in [5, 5.41) is 2.96. The van der Waals surface area contributed by atoms with Crippen molar-refractivity contribution in [2.24, 2.45) is 0 Å². The van der Waals surface area contributed by atoms with Gasteiger partial charge in [-0.15, -0.1) is 0 Å². The number of halogens is 1. The van der Waals surface area contributed by atoms with Gasteiger partial charge in [0.1, 0.15) is 5.69 Å². The van der Waals surface area contributed by atoms with E-state index in [9.17, 15) is 9.59 Å². The van der Waals surface area contributed by atoms with E-state index in [1.54, 1.807) is 13.8 Å². The molecule has 5 nitrogen and oxygen atoms in total. The number of aromatic amines is 1. The third kappa shape index (κ3) is 4.12. The average molecular weight is 407 g/mol. The van der Waals surface area contributed by atoms with Crippen LogP contribution in [0.5, 0.6) is 0 Å². The predicted octanol–water partition coefficient (Wildman–Crippen LogP) is 3.89. The zero-order valence-corrected chi connectivity index (χ0v) is 16.7. The van der Waals surface area contributed by atoms with E-state index in [1.165, 1.54) is 7.11 Å². The fourth-order valence-corrected chi connectivity index (χ4v) is 3.04. The molecule has 1 aromatic carbocycles. The van der Waals surface area contributed by atoms with Gasteiger partial charge in [0.25, 0.3) is 5.91 Å². The first-order valence-electron chi connectivity index (χ1n) is 7.99. The Kier molecular flexibility index (Phi) is 5.72. The van der Waals surface area contributed by atoms with Crippen LogP contribution in [0.4, 0.5) is 0 Å². The monoisotopic (exact) mass is 406 g/mol. The van der Waals surface area contributed by atoms with Gasteiger partial charge in [-0.1, -0.05) is 41.9 Å². The first-order chi connectivity index (χ1) is 11.7. The minimum absolute atomic E-state index is 0.225. The van der Waals surface area contributed by atoms with E-state index in [0.29, 0.717) is 29.1 Å². The first kappa shape index (κ1) is 19.2. The summed E-state index contributed by atoms with van der Waals surface area (Å²) in [5.41, 5.74) is 2.94. The second-order valence-corrected chi connectivity index (χ2v) is 7.61. The molecule has 134 valence electrons. The Morgan fingerprint density at radius 3 is 2.36 bits per heavy atom. The third-order valence-corrected chi connectivity index (χ3v) is 4.90. The quantitative estimate of drug-likeness (QED) is 0.739. The molecule has 6 heteroatoms. The highest BCUT2D eigenvalue weighted by Crippen LogP contribution is 2.24. The molecular formula is C19H23BrN2O3. The Morgan fingerprint density at radius 2 is 1.80 bits per heavy atom. The van der Waals surface area contributed by atoms with Gasteiger partial charge < -0.3 is 15.0 Å². The minimum atomic E-state index is -0.444. The molecule has 1 aromatic heterocycles. The van der Waals surface area contributed by atoms with E-state index in [4.69, 9.17) is 4.74 Å². The van der Waals surface area contributed by atoms with Gasteiger partial charge in [0, 0.05) is 22.1 Å². The van der Waals surface area contributed by atoms with Crippen LogP contribution in [0, 0.1) is 13.8 Å². The Labute approximate surface area is 156 Å². The third-order valence-electron chi connectivity index (χ3n) is 4.37. The van der Waals surface area contributed by atoms with Gasteiger partial charge in [0.2, 0.25) is 0 Å². The normalized spacial score (nSPS) is 11.3. The van der Waals surface area contributed by atoms with Crippen molar-refractivity contribution in [1.82, 2.24) is 10.3 Å². The second-order valence-electron chi connectivity index (χ2n) is 6.69. The van der Waals surface area contributed by atoms with Crippen LogP contribution in [0.15, 0.2) is 28.7 Å². The molecule has 0 radical (unpaired) electrons. The number of aryl methyl sites for hydroxylation is 1. The molecule has 0 aliphatic heterocycles. The standard InChI is InChI=1S/C19H23BrN2O3/c1-11-15(18(24)25-5)12(2)22-16(11)17(23)21-10-19(3,4)13-6-8-14(20)9-7-13/h6-9,22H,10H2,1-5H3,(H,21,23). The molecule has 2 N–H and O–H groups in total. The maximum Gasteiger partial charge on any atom is 0.339 e. The van der Waals surface area contributed by atoms with Crippen LogP contribution in [0.2, 0.25) is 0 Å². The molecule has 0 fully saturated rings. The Balaban J connectivity index is 2.15. The fraction of sp³-hybridized carbons (Fsp3) is 0.368. The predicted molar refractivity (Wildman–Crippen MR) is 101 cm³/mol. The molecule has 0 bridgehead atoms. The summed E-state index contributed by atoms with van der Waals surface area (Å²) < 4.78 is 5.80.